The molecule has 0 saturated carbocycles. The zero-order valence-corrected chi connectivity index (χ0v) is 18.3. The summed E-state index contributed by atoms with van der Waals surface area (Å²) in [5.41, 5.74) is 5.72. The van der Waals surface area contributed by atoms with Crippen LogP contribution in [0.1, 0.15) is 73.3 Å². The Balaban J connectivity index is 1.41. The van der Waals surface area contributed by atoms with Gasteiger partial charge < -0.3 is 4.74 Å². The third-order valence-corrected chi connectivity index (χ3v) is 6.97. The van der Waals surface area contributed by atoms with Crippen molar-refractivity contribution < 1.29 is 13.9 Å². The van der Waals surface area contributed by atoms with Gasteiger partial charge in [0, 0.05) is 6.07 Å². The molecule has 0 aromatic heterocycles. The number of carbonyl (C=O) groups excluding carboxylic acids is 1. The molecule has 0 bridgehead atoms. The second-order valence-electron chi connectivity index (χ2n) is 9.06. The average molecular weight is 420 g/mol. The second kappa shape index (κ2) is 9.64. The van der Waals surface area contributed by atoms with E-state index in [4.69, 9.17) is 10.00 Å². The van der Waals surface area contributed by atoms with Gasteiger partial charge in [0.25, 0.3) is 0 Å². The molecule has 0 fully saturated rings. The number of ether oxygens (including phenoxy) is 1. The van der Waals surface area contributed by atoms with Crippen LogP contribution in [0.3, 0.4) is 0 Å². The summed E-state index contributed by atoms with van der Waals surface area (Å²) >= 11 is 0. The van der Waals surface area contributed by atoms with E-state index in [2.05, 4.69) is 19.1 Å². The van der Waals surface area contributed by atoms with Gasteiger partial charge in [-0.3, -0.25) is 4.79 Å². The Labute approximate surface area is 184 Å². The highest BCUT2D eigenvalue weighted by Crippen LogP contribution is 2.37. The van der Waals surface area contributed by atoms with Crippen LogP contribution in [0.25, 0.3) is 0 Å². The van der Waals surface area contributed by atoms with Gasteiger partial charge in [-0.15, -0.1) is 0 Å². The number of hydrogen-bond acceptors (Lipinski definition) is 3. The topological polar surface area (TPSA) is 50.1 Å². The fourth-order valence-electron chi connectivity index (χ4n) is 5.22. The molecule has 2 aromatic carbocycles. The minimum absolute atomic E-state index is 0.0521. The number of esters is 1. The fraction of sp³-hybridized carbons (Fsp3) is 0.481. The smallest absolute Gasteiger partial charge is 0.314 e. The second-order valence-corrected chi connectivity index (χ2v) is 9.06. The van der Waals surface area contributed by atoms with Gasteiger partial charge in [-0.25, -0.2) is 4.39 Å². The first kappa shape index (κ1) is 21.6. The minimum atomic E-state index is -0.665. The largest absolute Gasteiger partial charge is 0.426 e. The quantitative estimate of drug-likeness (QED) is 0.323. The van der Waals surface area contributed by atoms with E-state index in [1.165, 1.54) is 72.9 Å². The van der Waals surface area contributed by atoms with Crippen molar-refractivity contribution in [3.05, 3.63) is 64.0 Å². The fourth-order valence-corrected chi connectivity index (χ4v) is 5.22. The van der Waals surface area contributed by atoms with Crippen LogP contribution in [0.2, 0.25) is 0 Å². The molecule has 4 rings (SSSR count). The molecule has 2 unspecified atom stereocenters. The molecule has 0 spiro atoms. The summed E-state index contributed by atoms with van der Waals surface area (Å²) in [7, 11) is 0. The van der Waals surface area contributed by atoms with Gasteiger partial charge in [-0.2, -0.15) is 5.26 Å². The lowest BCUT2D eigenvalue weighted by atomic mass is 9.74. The van der Waals surface area contributed by atoms with Crippen molar-refractivity contribution in [1.82, 2.24) is 0 Å². The maximum Gasteiger partial charge on any atom is 0.314 e. The Kier molecular flexibility index (Phi) is 6.70. The molecule has 0 heterocycles. The predicted octanol–water partition coefficient (Wildman–Crippen LogP) is 6.09. The number of nitrogens with zero attached hydrogens (tertiary/aromatic N) is 1. The first-order chi connectivity index (χ1) is 15.1. The van der Waals surface area contributed by atoms with Crippen molar-refractivity contribution in [2.75, 3.05) is 0 Å². The number of fused-ring (bicyclic) bond motifs is 3. The van der Waals surface area contributed by atoms with E-state index in [0.717, 1.165) is 31.2 Å². The Morgan fingerprint density at radius 3 is 2.55 bits per heavy atom. The maximum absolute atomic E-state index is 13.8. The number of rotatable bonds is 6. The van der Waals surface area contributed by atoms with Crippen LogP contribution >= 0.6 is 0 Å². The first-order valence-corrected chi connectivity index (χ1v) is 11.6. The van der Waals surface area contributed by atoms with Gasteiger partial charge in [-0.05, 0) is 78.8 Å². The first-order valence-electron chi connectivity index (χ1n) is 11.6. The third-order valence-electron chi connectivity index (χ3n) is 6.97. The molecule has 4 heteroatoms. The van der Waals surface area contributed by atoms with E-state index in [1.807, 2.05) is 0 Å². The third kappa shape index (κ3) is 4.82. The Morgan fingerprint density at radius 1 is 1.10 bits per heavy atom. The van der Waals surface area contributed by atoms with Gasteiger partial charge >= 0.3 is 5.97 Å². The molecule has 0 amide bonds. The lowest BCUT2D eigenvalue weighted by Gasteiger charge is -2.31. The van der Waals surface area contributed by atoms with E-state index in [1.54, 1.807) is 6.07 Å². The number of benzene rings is 2. The lowest BCUT2D eigenvalue weighted by molar-refractivity contribution is -0.139. The summed E-state index contributed by atoms with van der Waals surface area (Å²) in [6.45, 7) is 2.26. The standard InChI is InChI=1S/C27H30FNO2/c1-2-3-4-5-18-6-12-24-19(14-18)7-8-20-15-21(10-13-25(20)24)27(30)31-23-11-9-22(17-29)26(28)16-23/h7-9,11,16,18,21H,2-6,10,12-15H2,1H3. The van der Waals surface area contributed by atoms with Crippen LogP contribution in [0.5, 0.6) is 5.75 Å². The summed E-state index contributed by atoms with van der Waals surface area (Å²) in [4.78, 5) is 12.7. The molecule has 0 N–H and O–H groups in total. The van der Waals surface area contributed by atoms with Crippen LogP contribution in [0.4, 0.5) is 4.39 Å². The molecule has 31 heavy (non-hydrogen) atoms. The van der Waals surface area contributed by atoms with Crippen molar-refractivity contribution in [1.29, 1.82) is 5.26 Å². The molecule has 0 aliphatic heterocycles. The van der Waals surface area contributed by atoms with Crippen molar-refractivity contribution >= 4 is 5.97 Å². The molecule has 2 aromatic rings. The molecular formula is C27H30FNO2. The van der Waals surface area contributed by atoms with Gasteiger partial charge in [0.1, 0.15) is 17.6 Å². The highest BCUT2D eigenvalue weighted by molar-refractivity contribution is 5.76. The van der Waals surface area contributed by atoms with Crippen molar-refractivity contribution in [2.45, 2.75) is 71.1 Å². The monoisotopic (exact) mass is 419 g/mol. The molecule has 0 saturated heterocycles. The minimum Gasteiger partial charge on any atom is -0.426 e. The van der Waals surface area contributed by atoms with E-state index in [-0.39, 0.29) is 23.2 Å². The predicted molar refractivity (Wildman–Crippen MR) is 118 cm³/mol. The number of carbonyl (C=O) groups is 1. The molecule has 2 atom stereocenters. The molecule has 2 aliphatic carbocycles. The number of unbranched alkanes of at least 4 members (excludes halogenated alkanes) is 2. The van der Waals surface area contributed by atoms with Crippen LogP contribution in [0, 0.1) is 29.0 Å². The van der Waals surface area contributed by atoms with Crippen molar-refractivity contribution in [3.63, 3.8) is 0 Å². The lowest BCUT2D eigenvalue weighted by Crippen LogP contribution is -2.28. The van der Waals surface area contributed by atoms with Gasteiger partial charge in [0.2, 0.25) is 0 Å². The number of halogens is 1. The summed E-state index contributed by atoms with van der Waals surface area (Å²) in [5, 5.41) is 8.84. The van der Waals surface area contributed by atoms with Crippen molar-refractivity contribution in [3.8, 4) is 11.8 Å². The molecule has 2 aliphatic rings. The molecule has 3 nitrogen and oxygen atoms in total. The maximum atomic E-state index is 13.8. The Bertz CT molecular complexity index is 1010. The van der Waals surface area contributed by atoms with Crippen LogP contribution in [-0.2, 0) is 30.5 Å². The average Bonchev–Trinajstić information content (AvgIpc) is 2.78. The van der Waals surface area contributed by atoms with Gasteiger partial charge in [0.05, 0.1) is 11.5 Å². The number of hydrogen-bond donors (Lipinski definition) is 0. The zero-order valence-electron chi connectivity index (χ0n) is 18.3. The van der Waals surface area contributed by atoms with Crippen molar-refractivity contribution in [2.24, 2.45) is 11.8 Å². The zero-order chi connectivity index (χ0) is 21.8. The number of nitriles is 1. The normalized spacial score (nSPS) is 19.8. The van der Waals surface area contributed by atoms with Gasteiger partial charge in [0.15, 0.2) is 0 Å². The van der Waals surface area contributed by atoms with Crippen LogP contribution < -0.4 is 4.74 Å². The molecular weight excluding hydrogens is 389 g/mol. The van der Waals surface area contributed by atoms with Gasteiger partial charge in [-0.1, -0.05) is 44.7 Å². The molecule has 162 valence electrons. The van der Waals surface area contributed by atoms with E-state index < -0.39 is 5.82 Å². The Morgan fingerprint density at radius 2 is 1.84 bits per heavy atom. The van der Waals surface area contributed by atoms with Crippen LogP contribution in [-0.4, -0.2) is 5.97 Å². The summed E-state index contributed by atoms with van der Waals surface area (Å²) in [6.07, 6.45) is 11.3. The highest BCUT2D eigenvalue weighted by Gasteiger charge is 2.30. The molecule has 0 radical (unpaired) electrons. The van der Waals surface area contributed by atoms with Crippen LogP contribution in [0.15, 0.2) is 30.3 Å². The van der Waals surface area contributed by atoms with E-state index in [0.29, 0.717) is 6.42 Å². The summed E-state index contributed by atoms with van der Waals surface area (Å²) in [5.74, 6) is -0.220. The van der Waals surface area contributed by atoms with E-state index in [9.17, 15) is 9.18 Å². The van der Waals surface area contributed by atoms with E-state index >= 15 is 0 Å². The summed E-state index contributed by atoms with van der Waals surface area (Å²) < 4.78 is 19.2. The highest BCUT2D eigenvalue weighted by atomic mass is 19.1. The SMILES string of the molecule is CCCCCC1CCc2c(ccc3c2CCC(C(=O)Oc2ccc(C#N)c(F)c2)C3)C1. The Hall–Kier alpha value is -2.67. The summed E-state index contributed by atoms with van der Waals surface area (Å²) in [6, 6.07) is 10.2.